The van der Waals surface area contributed by atoms with Crippen LogP contribution in [0.5, 0.6) is 0 Å². The Balaban J connectivity index is 1.51. The smallest absolute Gasteiger partial charge is 0.270 e. The second kappa shape index (κ2) is 10.1. The molecule has 4 N–H and O–H groups in total. The quantitative estimate of drug-likeness (QED) is 0.578. The number of nitrogens with zero attached hydrogens (tertiary/aromatic N) is 5. The first-order valence-corrected chi connectivity index (χ1v) is 12.3. The van der Waals surface area contributed by atoms with E-state index in [0.717, 1.165) is 56.6 Å². The normalized spacial score (nSPS) is 22.6. The predicted molar refractivity (Wildman–Crippen MR) is 142 cm³/mol. The third-order valence-electron chi connectivity index (χ3n) is 6.73. The van der Waals surface area contributed by atoms with Crippen LogP contribution in [0.15, 0.2) is 59.3 Å². The molecule has 1 amide bonds. The van der Waals surface area contributed by atoms with Gasteiger partial charge in [-0.05, 0) is 44.9 Å². The molecule has 9 heteroatoms. The van der Waals surface area contributed by atoms with Crippen LogP contribution in [-0.4, -0.2) is 71.8 Å². The summed E-state index contributed by atoms with van der Waals surface area (Å²) in [5.41, 5.74) is 8.43. The third kappa shape index (κ3) is 5.51. The van der Waals surface area contributed by atoms with Crippen molar-refractivity contribution in [3.63, 3.8) is 0 Å². The van der Waals surface area contributed by atoms with E-state index in [1.54, 1.807) is 19.0 Å². The summed E-state index contributed by atoms with van der Waals surface area (Å²) < 4.78 is 0. The number of carbonyl (C=O) groups excluding carboxylic acids is 1. The maximum Gasteiger partial charge on any atom is 0.270 e. The van der Waals surface area contributed by atoms with Gasteiger partial charge in [-0.1, -0.05) is 19.4 Å². The van der Waals surface area contributed by atoms with Crippen molar-refractivity contribution < 1.29 is 4.79 Å². The van der Waals surface area contributed by atoms with Crippen molar-refractivity contribution in [1.29, 1.82) is 0 Å². The molecular formula is C26H38N8O. The molecule has 2 aliphatic heterocycles. The minimum atomic E-state index is -0.0617. The summed E-state index contributed by atoms with van der Waals surface area (Å²) in [5, 5.41) is 6.73. The van der Waals surface area contributed by atoms with Crippen molar-refractivity contribution in [3.8, 4) is 0 Å². The molecule has 3 heterocycles. The molecule has 1 saturated heterocycles. The molecule has 188 valence electrons. The van der Waals surface area contributed by atoms with Gasteiger partial charge in [0, 0.05) is 57.1 Å². The Morgan fingerprint density at radius 3 is 2.69 bits per heavy atom. The van der Waals surface area contributed by atoms with Gasteiger partial charge in [-0.2, -0.15) is 0 Å². The molecule has 0 unspecified atom stereocenters. The first-order chi connectivity index (χ1) is 16.7. The number of pyridine rings is 1. The molecule has 1 saturated carbocycles. The zero-order chi connectivity index (χ0) is 25.2. The van der Waals surface area contributed by atoms with Gasteiger partial charge in [-0.25, -0.2) is 9.98 Å². The highest BCUT2D eigenvalue weighted by atomic mass is 16.2. The van der Waals surface area contributed by atoms with Gasteiger partial charge in [0.15, 0.2) is 0 Å². The maximum absolute atomic E-state index is 12.9. The fourth-order valence-corrected chi connectivity index (χ4v) is 5.01. The largest absolute Gasteiger partial charge is 0.404 e. The molecular weight excluding hydrogens is 440 g/mol. The van der Waals surface area contributed by atoms with Crippen molar-refractivity contribution in [3.05, 3.63) is 54.3 Å². The second-order valence-corrected chi connectivity index (χ2v) is 10.3. The van der Waals surface area contributed by atoms with Crippen molar-refractivity contribution in [2.75, 3.05) is 43.9 Å². The Hall–Kier alpha value is -3.33. The lowest BCUT2D eigenvalue weighted by Crippen LogP contribution is -2.57. The minimum Gasteiger partial charge on any atom is -0.404 e. The summed E-state index contributed by atoms with van der Waals surface area (Å²) >= 11 is 0. The molecule has 9 nitrogen and oxygen atoms in total. The second-order valence-electron chi connectivity index (χ2n) is 10.3. The average Bonchev–Trinajstić information content (AvgIpc) is 3.46. The van der Waals surface area contributed by atoms with Crippen molar-refractivity contribution in [2.45, 2.75) is 51.1 Å². The molecule has 1 aromatic heterocycles. The van der Waals surface area contributed by atoms with E-state index in [1.165, 1.54) is 6.20 Å². The standard InChI is InChI=1S/C26H38N8O/c1-18(30-23-11-10-21(16-28-23)33-13-12-29-26(2,3)17-33)31-24-19(15-27)14-22(25(35)32(4)5)34(24)20-8-6-7-9-20/h10-11,14-16,20,29H,1,6-9,12-13,17,27H2,2-5H3,(H,28,30)/b19-15-,31-24+. The number of piperazine rings is 1. The topological polar surface area (TPSA) is 102 Å². The zero-order valence-corrected chi connectivity index (χ0v) is 21.3. The van der Waals surface area contributed by atoms with Gasteiger partial charge in [-0.15, -0.1) is 0 Å². The van der Waals surface area contributed by atoms with Gasteiger partial charge in [-0.3, -0.25) is 4.79 Å². The number of aliphatic imine (C=N–C) groups is 1. The molecule has 0 atom stereocenters. The molecule has 0 spiro atoms. The molecule has 1 aromatic rings. The molecule has 1 aliphatic carbocycles. The number of aromatic nitrogens is 1. The first kappa shape index (κ1) is 24.8. The molecule has 2 fully saturated rings. The van der Waals surface area contributed by atoms with Crippen molar-refractivity contribution >= 4 is 23.2 Å². The first-order valence-electron chi connectivity index (χ1n) is 12.3. The molecule has 0 radical (unpaired) electrons. The lowest BCUT2D eigenvalue weighted by Gasteiger charge is -2.40. The highest BCUT2D eigenvalue weighted by Gasteiger charge is 2.37. The highest BCUT2D eigenvalue weighted by molar-refractivity contribution is 6.12. The van der Waals surface area contributed by atoms with Gasteiger partial charge in [0.1, 0.15) is 23.2 Å². The number of nitrogens with two attached hydrogens (primary N) is 1. The van der Waals surface area contributed by atoms with Crippen LogP contribution in [0.2, 0.25) is 0 Å². The van der Waals surface area contributed by atoms with Crippen LogP contribution in [0.1, 0.15) is 39.5 Å². The summed E-state index contributed by atoms with van der Waals surface area (Å²) in [7, 11) is 3.52. The maximum atomic E-state index is 12.9. The number of amidine groups is 1. The Labute approximate surface area is 208 Å². The van der Waals surface area contributed by atoms with Crippen molar-refractivity contribution in [2.24, 2.45) is 10.7 Å². The zero-order valence-electron chi connectivity index (χ0n) is 21.3. The van der Waals surface area contributed by atoms with Crippen LogP contribution in [0.3, 0.4) is 0 Å². The molecule has 0 aromatic carbocycles. The lowest BCUT2D eigenvalue weighted by molar-refractivity contribution is -0.126. The van der Waals surface area contributed by atoms with Crippen molar-refractivity contribution in [1.82, 2.24) is 20.1 Å². The Kier molecular flexibility index (Phi) is 7.16. The lowest BCUT2D eigenvalue weighted by atomic mass is 10.0. The molecule has 4 rings (SSSR count). The van der Waals surface area contributed by atoms with Crippen LogP contribution >= 0.6 is 0 Å². The van der Waals surface area contributed by atoms with E-state index >= 15 is 0 Å². The molecule has 35 heavy (non-hydrogen) atoms. The fourth-order valence-electron chi connectivity index (χ4n) is 5.01. The van der Waals surface area contributed by atoms with E-state index in [4.69, 9.17) is 10.7 Å². The number of rotatable bonds is 6. The van der Waals surface area contributed by atoms with Gasteiger partial charge in [0.05, 0.1) is 11.9 Å². The fraction of sp³-hybridized carbons (Fsp3) is 0.500. The number of amides is 1. The van der Waals surface area contributed by atoms with Crippen LogP contribution in [0, 0.1) is 0 Å². The number of likely N-dealkylation sites (N-methyl/N-ethyl adjacent to an activating group) is 1. The number of nitrogens with one attached hydrogen (secondary N) is 2. The molecule has 3 aliphatic rings. The van der Waals surface area contributed by atoms with Crippen LogP contribution < -0.4 is 21.3 Å². The Morgan fingerprint density at radius 2 is 2.09 bits per heavy atom. The number of anilines is 2. The third-order valence-corrected chi connectivity index (χ3v) is 6.73. The number of hydrogen-bond donors (Lipinski definition) is 3. The van der Waals surface area contributed by atoms with E-state index in [-0.39, 0.29) is 17.5 Å². The SMILES string of the molecule is C=C(/N=C1\C(=C/N)C=C(C(=O)N(C)C)N1C1CCCC1)Nc1ccc(N2CCNC(C)(C)C2)cn1. The Bertz CT molecular complexity index is 1050. The summed E-state index contributed by atoms with van der Waals surface area (Å²) in [6.07, 6.45) is 9.52. The van der Waals surface area contributed by atoms with Crippen LogP contribution in [0.4, 0.5) is 11.5 Å². The van der Waals surface area contributed by atoms with Crippen LogP contribution in [0.25, 0.3) is 0 Å². The van der Waals surface area contributed by atoms with E-state index in [1.807, 2.05) is 23.2 Å². The minimum absolute atomic E-state index is 0.0617. The number of carbonyl (C=O) groups is 1. The number of hydrogen-bond acceptors (Lipinski definition) is 7. The van der Waals surface area contributed by atoms with E-state index in [9.17, 15) is 4.79 Å². The highest BCUT2D eigenvalue weighted by Crippen LogP contribution is 2.34. The van der Waals surface area contributed by atoms with E-state index in [0.29, 0.717) is 23.2 Å². The van der Waals surface area contributed by atoms with Crippen LogP contribution in [-0.2, 0) is 4.79 Å². The average molecular weight is 479 g/mol. The van der Waals surface area contributed by atoms with Gasteiger partial charge < -0.3 is 31.1 Å². The monoisotopic (exact) mass is 478 g/mol. The van der Waals surface area contributed by atoms with E-state index in [2.05, 4.69) is 47.0 Å². The predicted octanol–water partition coefficient (Wildman–Crippen LogP) is 2.62. The Morgan fingerprint density at radius 1 is 1.34 bits per heavy atom. The van der Waals surface area contributed by atoms with Gasteiger partial charge in [0.2, 0.25) is 0 Å². The van der Waals surface area contributed by atoms with Gasteiger partial charge in [0.25, 0.3) is 5.91 Å². The summed E-state index contributed by atoms with van der Waals surface area (Å²) in [5.74, 6) is 1.70. The summed E-state index contributed by atoms with van der Waals surface area (Å²) in [6.45, 7) is 11.3. The molecule has 0 bridgehead atoms. The summed E-state index contributed by atoms with van der Waals surface area (Å²) in [6, 6.07) is 4.23. The summed E-state index contributed by atoms with van der Waals surface area (Å²) in [4.78, 5) is 28.3. The van der Waals surface area contributed by atoms with Gasteiger partial charge >= 0.3 is 0 Å². The van der Waals surface area contributed by atoms with E-state index < -0.39 is 0 Å².